The molecule has 0 spiro atoms. The zero-order valence-corrected chi connectivity index (χ0v) is 17.5. The Balaban J connectivity index is 1.46. The summed E-state index contributed by atoms with van der Waals surface area (Å²) in [6.45, 7) is 2.90. The molecular weight excluding hydrogens is 408 g/mol. The van der Waals surface area contributed by atoms with E-state index in [9.17, 15) is 13.2 Å². The maximum Gasteiger partial charge on any atom is 0.322 e. The van der Waals surface area contributed by atoms with Gasteiger partial charge in [-0.25, -0.2) is 8.42 Å². The molecule has 10 nitrogen and oxygen atoms in total. The number of rotatable bonds is 5. The third-order valence-electron chi connectivity index (χ3n) is 4.94. The molecule has 1 N–H and O–H groups in total. The first-order chi connectivity index (χ1) is 14.3. The second-order valence-electron chi connectivity index (χ2n) is 7.15. The highest BCUT2D eigenvalue weighted by molar-refractivity contribution is 7.89. The number of carbonyl (C=O) groups excluding carboxylic acids is 1. The minimum absolute atomic E-state index is 0.0566. The van der Waals surface area contributed by atoms with Crippen molar-refractivity contribution < 1.29 is 17.6 Å². The Morgan fingerprint density at radius 2 is 1.80 bits per heavy atom. The molecule has 1 fully saturated rings. The van der Waals surface area contributed by atoms with Gasteiger partial charge in [0.25, 0.3) is 11.8 Å². The van der Waals surface area contributed by atoms with Gasteiger partial charge in [0.2, 0.25) is 10.0 Å². The SMILES string of the molecule is Cc1cc(-c2nnc(NC(=O)c3ccc(S(=O)(=O)N4CCCCC4)cc3)o2)n(C)n1. The van der Waals surface area contributed by atoms with Crippen LogP contribution in [0.4, 0.5) is 6.01 Å². The van der Waals surface area contributed by atoms with E-state index in [1.54, 1.807) is 17.8 Å². The quantitative estimate of drug-likeness (QED) is 0.658. The second kappa shape index (κ2) is 8.00. The molecule has 30 heavy (non-hydrogen) atoms. The Hall–Kier alpha value is -3.05. The van der Waals surface area contributed by atoms with Crippen LogP contribution in [0.2, 0.25) is 0 Å². The van der Waals surface area contributed by atoms with Crippen molar-refractivity contribution in [2.75, 3.05) is 18.4 Å². The summed E-state index contributed by atoms with van der Waals surface area (Å²) in [6.07, 6.45) is 2.78. The number of piperidine rings is 1. The number of aromatic nitrogens is 4. The van der Waals surface area contributed by atoms with Gasteiger partial charge >= 0.3 is 6.01 Å². The maximum atomic E-state index is 12.7. The van der Waals surface area contributed by atoms with Crippen molar-refractivity contribution in [1.82, 2.24) is 24.3 Å². The Morgan fingerprint density at radius 1 is 1.10 bits per heavy atom. The van der Waals surface area contributed by atoms with Crippen LogP contribution >= 0.6 is 0 Å². The standard InChI is InChI=1S/C19H22N6O4S/c1-13-12-16(24(2)23-13)18-21-22-19(29-18)20-17(26)14-6-8-15(9-7-14)30(27,28)25-10-4-3-5-11-25/h6-9,12H,3-5,10-11H2,1-2H3,(H,20,22,26). The lowest BCUT2D eigenvalue weighted by Crippen LogP contribution is -2.35. The van der Waals surface area contributed by atoms with Crippen LogP contribution in [0.1, 0.15) is 35.3 Å². The van der Waals surface area contributed by atoms with Crippen LogP contribution in [0.25, 0.3) is 11.6 Å². The number of anilines is 1. The predicted molar refractivity (Wildman–Crippen MR) is 108 cm³/mol. The molecule has 2 aromatic heterocycles. The lowest BCUT2D eigenvalue weighted by molar-refractivity contribution is 0.102. The third-order valence-corrected chi connectivity index (χ3v) is 6.85. The predicted octanol–water partition coefficient (Wildman–Crippen LogP) is 2.21. The molecule has 0 radical (unpaired) electrons. The minimum atomic E-state index is -3.54. The van der Waals surface area contributed by atoms with E-state index in [1.807, 2.05) is 6.92 Å². The van der Waals surface area contributed by atoms with Gasteiger partial charge in [0, 0.05) is 25.7 Å². The zero-order chi connectivity index (χ0) is 21.3. The van der Waals surface area contributed by atoms with Crippen LogP contribution in [-0.2, 0) is 17.1 Å². The summed E-state index contributed by atoms with van der Waals surface area (Å²) in [5.41, 5.74) is 1.72. The van der Waals surface area contributed by atoms with E-state index in [-0.39, 0.29) is 22.4 Å². The highest BCUT2D eigenvalue weighted by Gasteiger charge is 2.26. The van der Waals surface area contributed by atoms with Gasteiger partial charge in [-0.1, -0.05) is 11.5 Å². The molecule has 1 aromatic carbocycles. The first-order valence-corrected chi connectivity index (χ1v) is 11.0. The van der Waals surface area contributed by atoms with Crippen LogP contribution in [-0.4, -0.2) is 51.7 Å². The molecule has 0 saturated carbocycles. The molecule has 3 aromatic rings. The van der Waals surface area contributed by atoms with Crippen molar-refractivity contribution in [3.8, 4) is 11.6 Å². The summed E-state index contributed by atoms with van der Waals surface area (Å²) < 4.78 is 34.0. The van der Waals surface area contributed by atoms with E-state index in [4.69, 9.17) is 4.42 Å². The van der Waals surface area contributed by atoms with Crippen molar-refractivity contribution in [2.24, 2.45) is 7.05 Å². The molecule has 0 unspecified atom stereocenters. The van der Waals surface area contributed by atoms with Gasteiger partial charge < -0.3 is 4.42 Å². The minimum Gasteiger partial charge on any atom is -0.401 e. The van der Waals surface area contributed by atoms with E-state index in [0.29, 0.717) is 18.8 Å². The van der Waals surface area contributed by atoms with Gasteiger partial charge in [-0.3, -0.25) is 14.8 Å². The van der Waals surface area contributed by atoms with Gasteiger partial charge in [0.1, 0.15) is 5.69 Å². The molecule has 1 amide bonds. The maximum absolute atomic E-state index is 12.7. The Labute approximate surface area is 174 Å². The number of carbonyl (C=O) groups is 1. The van der Waals surface area contributed by atoms with Crippen molar-refractivity contribution in [3.63, 3.8) is 0 Å². The van der Waals surface area contributed by atoms with E-state index in [2.05, 4.69) is 20.6 Å². The molecule has 1 aliphatic heterocycles. The topological polar surface area (TPSA) is 123 Å². The highest BCUT2D eigenvalue weighted by atomic mass is 32.2. The Bertz CT molecular complexity index is 1160. The van der Waals surface area contributed by atoms with Crippen LogP contribution in [0.3, 0.4) is 0 Å². The summed E-state index contributed by atoms with van der Waals surface area (Å²) in [5.74, 6) is -0.246. The number of nitrogens with one attached hydrogen (secondary N) is 1. The van der Waals surface area contributed by atoms with E-state index in [1.165, 1.54) is 28.6 Å². The summed E-state index contributed by atoms with van der Waals surface area (Å²) in [6, 6.07) is 7.55. The molecule has 0 aliphatic carbocycles. The number of sulfonamides is 1. The summed E-state index contributed by atoms with van der Waals surface area (Å²) in [7, 11) is -1.79. The number of aryl methyl sites for hydroxylation is 2. The fourth-order valence-electron chi connectivity index (χ4n) is 3.39. The largest absolute Gasteiger partial charge is 0.401 e. The summed E-state index contributed by atoms with van der Waals surface area (Å²) in [5, 5.41) is 14.5. The van der Waals surface area contributed by atoms with Gasteiger partial charge in [-0.05, 0) is 50.1 Å². The van der Waals surface area contributed by atoms with Crippen molar-refractivity contribution in [2.45, 2.75) is 31.1 Å². The smallest absolute Gasteiger partial charge is 0.322 e. The van der Waals surface area contributed by atoms with E-state index >= 15 is 0 Å². The summed E-state index contributed by atoms with van der Waals surface area (Å²) >= 11 is 0. The van der Waals surface area contributed by atoms with E-state index in [0.717, 1.165) is 25.0 Å². The lowest BCUT2D eigenvalue weighted by Gasteiger charge is -2.25. The monoisotopic (exact) mass is 430 g/mol. The molecule has 1 saturated heterocycles. The van der Waals surface area contributed by atoms with Crippen molar-refractivity contribution >= 4 is 21.9 Å². The third kappa shape index (κ3) is 3.98. The van der Waals surface area contributed by atoms with Gasteiger partial charge in [-0.15, -0.1) is 5.10 Å². The molecule has 3 heterocycles. The van der Waals surface area contributed by atoms with Crippen LogP contribution in [0.5, 0.6) is 0 Å². The van der Waals surface area contributed by atoms with Gasteiger partial charge in [0.15, 0.2) is 0 Å². The molecule has 0 bridgehead atoms. The first-order valence-electron chi connectivity index (χ1n) is 9.61. The summed E-state index contributed by atoms with van der Waals surface area (Å²) in [4.78, 5) is 12.7. The van der Waals surface area contributed by atoms with Gasteiger partial charge in [0.05, 0.1) is 10.6 Å². The number of amides is 1. The number of nitrogens with zero attached hydrogens (tertiary/aromatic N) is 5. The van der Waals surface area contributed by atoms with Gasteiger partial charge in [-0.2, -0.15) is 9.40 Å². The zero-order valence-electron chi connectivity index (χ0n) is 16.7. The highest BCUT2D eigenvalue weighted by Crippen LogP contribution is 2.22. The normalized spacial score (nSPS) is 15.3. The van der Waals surface area contributed by atoms with E-state index < -0.39 is 15.9 Å². The van der Waals surface area contributed by atoms with Crippen LogP contribution < -0.4 is 5.32 Å². The fourth-order valence-corrected chi connectivity index (χ4v) is 4.91. The second-order valence-corrected chi connectivity index (χ2v) is 9.09. The number of hydrogen-bond acceptors (Lipinski definition) is 7. The average Bonchev–Trinajstić information content (AvgIpc) is 3.34. The van der Waals surface area contributed by atoms with Crippen molar-refractivity contribution in [1.29, 1.82) is 0 Å². The average molecular weight is 430 g/mol. The van der Waals surface area contributed by atoms with Crippen molar-refractivity contribution in [3.05, 3.63) is 41.6 Å². The number of benzene rings is 1. The van der Waals surface area contributed by atoms with Crippen LogP contribution in [0.15, 0.2) is 39.6 Å². The first kappa shape index (κ1) is 20.2. The fraction of sp³-hybridized carbons (Fsp3) is 0.368. The van der Waals surface area contributed by atoms with Crippen LogP contribution in [0, 0.1) is 6.92 Å². The molecule has 11 heteroatoms. The molecule has 0 atom stereocenters. The lowest BCUT2D eigenvalue weighted by atomic mass is 10.2. The molecular formula is C19H22N6O4S. The Morgan fingerprint density at radius 3 is 2.43 bits per heavy atom. The molecule has 4 rings (SSSR count). The molecule has 158 valence electrons. The number of hydrogen-bond donors (Lipinski definition) is 1. The molecule has 1 aliphatic rings. The Kier molecular flexibility index (Phi) is 5.39.